The number of morpholine rings is 1. The molecule has 0 aromatic carbocycles. The van der Waals surface area contributed by atoms with E-state index in [2.05, 4.69) is 0 Å². The molecule has 6 heteroatoms. The molecule has 126 valence electrons. The lowest BCUT2D eigenvalue weighted by Gasteiger charge is -2.36. The third-order valence-corrected chi connectivity index (χ3v) is 4.39. The van der Waals surface area contributed by atoms with E-state index < -0.39 is 18.2 Å². The van der Waals surface area contributed by atoms with Crippen LogP contribution in [0.5, 0.6) is 0 Å². The summed E-state index contributed by atoms with van der Waals surface area (Å²) in [5.41, 5.74) is 0. The minimum atomic E-state index is -1.03. The molecular weight excluding hydrogens is 286 g/mol. The van der Waals surface area contributed by atoms with Crippen LogP contribution in [-0.4, -0.2) is 59.4 Å². The Morgan fingerprint density at radius 3 is 2.41 bits per heavy atom. The first kappa shape index (κ1) is 17.2. The highest BCUT2D eigenvalue weighted by molar-refractivity contribution is 5.82. The van der Waals surface area contributed by atoms with Crippen LogP contribution in [0.2, 0.25) is 0 Å². The Morgan fingerprint density at radius 2 is 1.82 bits per heavy atom. The molecule has 2 unspecified atom stereocenters. The van der Waals surface area contributed by atoms with Crippen molar-refractivity contribution in [3.63, 3.8) is 0 Å². The number of aliphatic carboxylic acids is 1. The number of ether oxygens (including phenoxy) is 2. The van der Waals surface area contributed by atoms with Crippen molar-refractivity contribution in [1.29, 1.82) is 0 Å². The minimum absolute atomic E-state index is 0.0941. The van der Waals surface area contributed by atoms with Gasteiger partial charge < -0.3 is 19.5 Å². The number of carboxylic acid groups (broad SMARTS) is 1. The Balaban J connectivity index is 1.89. The van der Waals surface area contributed by atoms with Gasteiger partial charge in [0.05, 0.1) is 18.8 Å². The normalized spacial score (nSPS) is 28.9. The van der Waals surface area contributed by atoms with Crippen LogP contribution in [0.3, 0.4) is 0 Å². The topological polar surface area (TPSA) is 76.1 Å². The van der Waals surface area contributed by atoms with E-state index in [0.29, 0.717) is 6.54 Å². The fourth-order valence-corrected chi connectivity index (χ4v) is 3.25. The fourth-order valence-electron chi connectivity index (χ4n) is 3.25. The first-order valence-corrected chi connectivity index (χ1v) is 8.30. The maximum Gasteiger partial charge on any atom is 0.334 e. The van der Waals surface area contributed by atoms with Crippen molar-refractivity contribution in [1.82, 2.24) is 4.90 Å². The van der Waals surface area contributed by atoms with Crippen molar-refractivity contribution in [2.75, 3.05) is 13.1 Å². The van der Waals surface area contributed by atoms with E-state index in [9.17, 15) is 9.59 Å². The molecule has 22 heavy (non-hydrogen) atoms. The summed E-state index contributed by atoms with van der Waals surface area (Å²) in [6.45, 7) is 4.06. The van der Waals surface area contributed by atoms with Crippen LogP contribution < -0.4 is 0 Å². The average molecular weight is 313 g/mol. The smallest absolute Gasteiger partial charge is 0.334 e. The van der Waals surface area contributed by atoms with E-state index in [1.165, 1.54) is 12.8 Å². The second-order valence-corrected chi connectivity index (χ2v) is 6.41. The summed E-state index contributed by atoms with van der Waals surface area (Å²) in [5, 5.41) is 9.09. The quantitative estimate of drug-likeness (QED) is 0.801. The van der Waals surface area contributed by atoms with Gasteiger partial charge in [-0.2, -0.15) is 0 Å². The summed E-state index contributed by atoms with van der Waals surface area (Å²) < 4.78 is 11.3. The van der Waals surface area contributed by atoms with Gasteiger partial charge in [-0.15, -0.1) is 0 Å². The monoisotopic (exact) mass is 313 g/mol. The van der Waals surface area contributed by atoms with Gasteiger partial charge in [-0.25, -0.2) is 4.79 Å². The standard InChI is InChI=1S/C16H27NO5/c1-11-9-17(10-14(21-11)16(19)20)15(18)12(2)22-13-7-5-3-4-6-8-13/h11-14H,3-10H2,1-2H3,(H,19,20)/t11-,12?,14?/m1/s1. The lowest BCUT2D eigenvalue weighted by molar-refractivity contribution is -0.171. The van der Waals surface area contributed by atoms with Crippen molar-refractivity contribution in [2.45, 2.75) is 76.8 Å². The molecule has 0 spiro atoms. The molecule has 0 bridgehead atoms. The Bertz CT molecular complexity index is 392. The van der Waals surface area contributed by atoms with E-state index in [1.54, 1.807) is 18.7 Å². The molecule has 1 aliphatic heterocycles. The zero-order valence-corrected chi connectivity index (χ0v) is 13.5. The lowest BCUT2D eigenvalue weighted by Crippen LogP contribution is -2.54. The summed E-state index contributed by atoms with van der Waals surface area (Å²) in [5.74, 6) is -1.16. The molecule has 1 heterocycles. The van der Waals surface area contributed by atoms with E-state index in [1.807, 2.05) is 0 Å². The predicted octanol–water partition coefficient (Wildman–Crippen LogP) is 1.81. The Kier molecular flexibility index (Phi) is 6.20. The third kappa shape index (κ3) is 4.68. The highest BCUT2D eigenvalue weighted by atomic mass is 16.5. The maximum atomic E-state index is 12.5. The molecule has 1 saturated heterocycles. The van der Waals surface area contributed by atoms with Crippen molar-refractivity contribution in [3.05, 3.63) is 0 Å². The maximum absolute atomic E-state index is 12.5. The van der Waals surface area contributed by atoms with Crippen LogP contribution in [0, 0.1) is 0 Å². The second-order valence-electron chi connectivity index (χ2n) is 6.41. The molecule has 1 amide bonds. The zero-order valence-electron chi connectivity index (χ0n) is 13.5. The molecular formula is C16H27NO5. The highest BCUT2D eigenvalue weighted by Crippen LogP contribution is 2.22. The lowest BCUT2D eigenvalue weighted by atomic mass is 10.1. The first-order chi connectivity index (χ1) is 10.5. The molecule has 1 saturated carbocycles. The summed E-state index contributed by atoms with van der Waals surface area (Å²) in [4.78, 5) is 25.2. The van der Waals surface area contributed by atoms with Crippen molar-refractivity contribution in [2.24, 2.45) is 0 Å². The van der Waals surface area contributed by atoms with Gasteiger partial charge in [0.2, 0.25) is 0 Å². The summed E-state index contributed by atoms with van der Waals surface area (Å²) in [6.07, 6.45) is 5.21. The average Bonchev–Trinajstić information content (AvgIpc) is 2.74. The third-order valence-electron chi connectivity index (χ3n) is 4.39. The number of carbonyl (C=O) groups excluding carboxylic acids is 1. The highest BCUT2D eigenvalue weighted by Gasteiger charge is 2.35. The fraction of sp³-hybridized carbons (Fsp3) is 0.875. The van der Waals surface area contributed by atoms with Gasteiger partial charge >= 0.3 is 5.97 Å². The van der Waals surface area contributed by atoms with E-state index >= 15 is 0 Å². The molecule has 1 aliphatic carbocycles. The molecule has 3 atom stereocenters. The molecule has 0 radical (unpaired) electrons. The number of hydrogen-bond donors (Lipinski definition) is 1. The molecule has 0 aromatic heterocycles. The number of nitrogens with zero attached hydrogens (tertiary/aromatic N) is 1. The van der Waals surface area contributed by atoms with Crippen molar-refractivity contribution < 1.29 is 24.2 Å². The van der Waals surface area contributed by atoms with Crippen LogP contribution in [0.15, 0.2) is 0 Å². The van der Waals surface area contributed by atoms with Gasteiger partial charge in [-0.1, -0.05) is 25.7 Å². The number of hydrogen-bond acceptors (Lipinski definition) is 4. The SMILES string of the molecule is CC(OC1CCCCCC1)C(=O)N1CC(C(=O)O)O[C@H](C)C1. The molecule has 6 nitrogen and oxygen atoms in total. The van der Waals surface area contributed by atoms with Crippen LogP contribution in [-0.2, 0) is 19.1 Å². The molecule has 2 rings (SSSR count). The second kappa shape index (κ2) is 7.92. The van der Waals surface area contributed by atoms with Gasteiger partial charge in [0, 0.05) is 6.54 Å². The van der Waals surface area contributed by atoms with Crippen LogP contribution >= 0.6 is 0 Å². The predicted molar refractivity (Wildman–Crippen MR) is 80.6 cm³/mol. The van der Waals surface area contributed by atoms with E-state index in [-0.39, 0.29) is 24.7 Å². The van der Waals surface area contributed by atoms with Gasteiger partial charge in [0.1, 0.15) is 6.10 Å². The first-order valence-electron chi connectivity index (χ1n) is 8.30. The number of carbonyl (C=O) groups is 2. The van der Waals surface area contributed by atoms with E-state index in [0.717, 1.165) is 25.7 Å². The van der Waals surface area contributed by atoms with Crippen LogP contribution in [0.4, 0.5) is 0 Å². The van der Waals surface area contributed by atoms with Gasteiger partial charge in [0.15, 0.2) is 6.10 Å². The Labute approximate surface area is 131 Å². The summed E-state index contributed by atoms with van der Waals surface area (Å²) in [6, 6.07) is 0. The number of carboxylic acids is 1. The number of rotatable bonds is 4. The van der Waals surface area contributed by atoms with Crippen molar-refractivity contribution >= 4 is 11.9 Å². The Morgan fingerprint density at radius 1 is 1.18 bits per heavy atom. The van der Waals surface area contributed by atoms with Crippen LogP contribution in [0.1, 0.15) is 52.4 Å². The summed E-state index contributed by atoms with van der Waals surface area (Å²) in [7, 11) is 0. The number of amides is 1. The van der Waals surface area contributed by atoms with Gasteiger partial charge in [-0.3, -0.25) is 4.79 Å². The van der Waals surface area contributed by atoms with Crippen LogP contribution in [0.25, 0.3) is 0 Å². The van der Waals surface area contributed by atoms with Crippen molar-refractivity contribution in [3.8, 4) is 0 Å². The molecule has 2 aliphatic rings. The molecule has 0 aromatic rings. The summed E-state index contributed by atoms with van der Waals surface area (Å²) >= 11 is 0. The minimum Gasteiger partial charge on any atom is -0.479 e. The zero-order chi connectivity index (χ0) is 16.1. The van der Waals surface area contributed by atoms with Gasteiger partial charge in [0.25, 0.3) is 5.91 Å². The van der Waals surface area contributed by atoms with E-state index in [4.69, 9.17) is 14.6 Å². The van der Waals surface area contributed by atoms with Gasteiger partial charge in [-0.05, 0) is 26.7 Å². The largest absolute Gasteiger partial charge is 0.479 e. The molecule has 1 N–H and O–H groups in total. The molecule has 2 fully saturated rings. The Hall–Kier alpha value is -1.14.